The van der Waals surface area contributed by atoms with Crippen LogP contribution < -0.4 is 0 Å². The molecule has 0 spiro atoms. The van der Waals surface area contributed by atoms with Crippen molar-refractivity contribution in [3.63, 3.8) is 0 Å². The van der Waals surface area contributed by atoms with E-state index in [9.17, 15) is 4.79 Å². The van der Waals surface area contributed by atoms with E-state index in [0.29, 0.717) is 18.5 Å². The molecular formula is C18H26ClNO. The van der Waals surface area contributed by atoms with Crippen LogP contribution >= 0.6 is 11.6 Å². The summed E-state index contributed by atoms with van der Waals surface area (Å²) in [6, 6.07) is 10.4. The Kier molecular flexibility index (Phi) is 5.69. The van der Waals surface area contributed by atoms with Crippen molar-refractivity contribution in [3.05, 3.63) is 35.9 Å². The fourth-order valence-corrected chi connectivity index (χ4v) is 3.45. The molecular weight excluding hydrogens is 282 g/mol. The van der Waals surface area contributed by atoms with Crippen LogP contribution in [0.15, 0.2) is 30.3 Å². The van der Waals surface area contributed by atoms with Crippen molar-refractivity contribution < 1.29 is 4.79 Å². The quantitative estimate of drug-likeness (QED) is 0.740. The van der Waals surface area contributed by atoms with Gasteiger partial charge in [-0.2, -0.15) is 0 Å². The van der Waals surface area contributed by atoms with Crippen LogP contribution in [0, 0.1) is 0 Å². The first-order valence-corrected chi connectivity index (χ1v) is 8.53. The summed E-state index contributed by atoms with van der Waals surface area (Å²) in [6.45, 7) is 4.70. The molecule has 21 heavy (non-hydrogen) atoms. The lowest BCUT2D eigenvalue weighted by Gasteiger charge is -2.39. The third-order valence-electron chi connectivity index (χ3n) is 4.63. The van der Waals surface area contributed by atoms with Crippen molar-refractivity contribution in [2.75, 3.05) is 12.4 Å². The molecule has 0 atom stereocenters. The molecule has 2 rings (SSSR count). The van der Waals surface area contributed by atoms with Crippen LogP contribution in [0.5, 0.6) is 0 Å². The summed E-state index contributed by atoms with van der Waals surface area (Å²) in [7, 11) is 0. The van der Waals surface area contributed by atoms with Gasteiger partial charge in [-0.3, -0.25) is 4.79 Å². The largest absolute Gasteiger partial charge is 0.338 e. The van der Waals surface area contributed by atoms with Crippen molar-refractivity contribution >= 4 is 17.5 Å². The highest BCUT2D eigenvalue weighted by molar-refractivity contribution is 6.18. The lowest BCUT2D eigenvalue weighted by Crippen LogP contribution is -2.50. The van der Waals surface area contributed by atoms with Gasteiger partial charge in [-0.25, -0.2) is 0 Å². The number of hydrogen-bond donors (Lipinski definition) is 0. The molecule has 1 aliphatic carbocycles. The summed E-state index contributed by atoms with van der Waals surface area (Å²) in [5, 5.41) is 0. The lowest BCUT2D eigenvalue weighted by molar-refractivity contribution is -0.139. The molecule has 1 aromatic carbocycles. The van der Waals surface area contributed by atoms with E-state index in [1.165, 1.54) is 19.3 Å². The number of halogens is 1. The van der Waals surface area contributed by atoms with Crippen LogP contribution in [0.25, 0.3) is 0 Å². The highest BCUT2D eigenvalue weighted by Crippen LogP contribution is 2.30. The minimum Gasteiger partial charge on any atom is -0.338 e. The Morgan fingerprint density at radius 2 is 1.81 bits per heavy atom. The third-order valence-corrected chi connectivity index (χ3v) is 4.80. The first-order valence-electron chi connectivity index (χ1n) is 8.00. The standard InChI is InChI=1S/C18H26ClNO/c1-18(2,15-9-5-3-6-10-15)17(21)20(14-13-19)16-11-7-4-8-12-16/h3,5-6,9-10,16H,4,7-8,11-14H2,1-2H3. The van der Waals surface area contributed by atoms with Gasteiger partial charge < -0.3 is 4.90 Å². The Hall–Kier alpha value is -1.02. The Balaban J connectivity index is 2.20. The zero-order chi connectivity index (χ0) is 15.3. The second kappa shape index (κ2) is 7.31. The van der Waals surface area contributed by atoms with E-state index >= 15 is 0 Å². The van der Waals surface area contributed by atoms with E-state index in [2.05, 4.69) is 0 Å². The molecule has 0 N–H and O–H groups in total. The van der Waals surface area contributed by atoms with Gasteiger partial charge in [0.15, 0.2) is 0 Å². The average Bonchev–Trinajstić information content (AvgIpc) is 2.53. The van der Waals surface area contributed by atoms with Crippen molar-refractivity contribution in [3.8, 4) is 0 Å². The molecule has 0 bridgehead atoms. The molecule has 2 nitrogen and oxygen atoms in total. The van der Waals surface area contributed by atoms with E-state index in [0.717, 1.165) is 18.4 Å². The number of hydrogen-bond acceptors (Lipinski definition) is 1. The maximum atomic E-state index is 13.1. The number of benzene rings is 1. The maximum absolute atomic E-state index is 13.1. The Labute approximate surface area is 133 Å². The van der Waals surface area contributed by atoms with Crippen molar-refractivity contribution in [2.24, 2.45) is 0 Å². The van der Waals surface area contributed by atoms with Gasteiger partial charge in [0.1, 0.15) is 0 Å². The second-order valence-electron chi connectivity index (χ2n) is 6.47. The Bertz CT molecular complexity index is 452. The first-order chi connectivity index (χ1) is 10.1. The van der Waals surface area contributed by atoms with Crippen LogP contribution in [-0.2, 0) is 10.2 Å². The molecule has 1 saturated carbocycles. The van der Waals surface area contributed by atoms with E-state index in [4.69, 9.17) is 11.6 Å². The molecule has 0 saturated heterocycles. The van der Waals surface area contributed by atoms with Crippen LogP contribution in [0.2, 0.25) is 0 Å². The van der Waals surface area contributed by atoms with Crippen LogP contribution in [-0.4, -0.2) is 29.3 Å². The van der Waals surface area contributed by atoms with Gasteiger partial charge >= 0.3 is 0 Å². The number of amides is 1. The summed E-state index contributed by atoms with van der Waals surface area (Å²) >= 11 is 5.96. The summed E-state index contributed by atoms with van der Waals surface area (Å²) in [5.41, 5.74) is 0.579. The highest BCUT2D eigenvalue weighted by Gasteiger charge is 2.36. The van der Waals surface area contributed by atoms with Crippen molar-refractivity contribution in [1.29, 1.82) is 0 Å². The van der Waals surface area contributed by atoms with E-state index < -0.39 is 5.41 Å². The van der Waals surface area contributed by atoms with Crippen molar-refractivity contribution in [1.82, 2.24) is 4.90 Å². The molecule has 1 aliphatic rings. The number of rotatable bonds is 5. The fraction of sp³-hybridized carbons (Fsp3) is 0.611. The first kappa shape index (κ1) is 16.4. The van der Waals surface area contributed by atoms with Gasteiger partial charge in [0.2, 0.25) is 5.91 Å². The number of nitrogens with zero attached hydrogens (tertiary/aromatic N) is 1. The number of alkyl halides is 1. The van der Waals surface area contributed by atoms with Gasteiger partial charge in [0, 0.05) is 18.5 Å². The smallest absolute Gasteiger partial charge is 0.232 e. The predicted molar refractivity (Wildman–Crippen MR) is 88.8 cm³/mol. The van der Waals surface area contributed by atoms with Crippen LogP contribution in [0.1, 0.15) is 51.5 Å². The van der Waals surface area contributed by atoms with Gasteiger partial charge in [0.05, 0.1) is 5.41 Å². The second-order valence-corrected chi connectivity index (χ2v) is 6.85. The number of carbonyl (C=O) groups excluding carboxylic acids is 1. The van der Waals surface area contributed by atoms with Crippen LogP contribution in [0.4, 0.5) is 0 Å². The zero-order valence-electron chi connectivity index (χ0n) is 13.1. The SMILES string of the molecule is CC(C)(C(=O)N(CCCl)C1CCCCC1)c1ccccc1. The molecule has 0 unspecified atom stereocenters. The molecule has 1 aromatic rings. The molecule has 0 aliphatic heterocycles. The van der Waals surface area contributed by atoms with Gasteiger partial charge in [-0.15, -0.1) is 11.6 Å². The monoisotopic (exact) mass is 307 g/mol. The van der Waals surface area contributed by atoms with E-state index in [1.807, 2.05) is 49.1 Å². The third kappa shape index (κ3) is 3.79. The molecule has 1 amide bonds. The lowest BCUT2D eigenvalue weighted by atomic mass is 9.82. The molecule has 0 aromatic heterocycles. The number of carbonyl (C=O) groups is 1. The molecule has 0 radical (unpaired) electrons. The highest BCUT2D eigenvalue weighted by atomic mass is 35.5. The summed E-state index contributed by atoms with van der Waals surface area (Å²) in [5.74, 6) is 0.717. The average molecular weight is 308 g/mol. The summed E-state index contributed by atoms with van der Waals surface area (Å²) in [6.07, 6.45) is 5.98. The topological polar surface area (TPSA) is 20.3 Å². The Morgan fingerprint density at radius 3 is 2.38 bits per heavy atom. The predicted octanol–water partition coefficient (Wildman–Crippen LogP) is 4.36. The minimum atomic E-state index is -0.495. The maximum Gasteiger partial charge on any atom is 0.232 e. The van der Waals surface area contributed by atoms with Gasteiger partial charge in [-0.1, -0.05) is 49.6 Å². The zero-order valence-corrected chi connectivity index (χ0v) is 13.9. The fourth-order valence-electron chi connectivity index (χ4n) is 3.27. The molecule has 116 valence electrons. The van der Waals surface area contributed by atoms with Gasteiger partial charge in [-0.05, 0) is 32.3 Å². The molecule has 1 fully saturated rings. The summed E-state index contributed by atoms with van der Waals surface area (Å²) in [4.78, 5) is 15.2. The summed E-state index contributed by atoms with van der Waals surface area (Å²) < 4.78 is 0. The Morgan fingerprint density at radius 1 is 1.19 bits per heavy atom. The normalized spacial score (nSPS) is 16.7. The molecule has 3 heteroatoms. The minimum absolute atomic E-state index is 0.209. The van der Waals surface area contributed by atoms with Crippen molar-refractivity contribution in [2.45, 2.75) is 57.4 Å². The van der Waals surface area contributed by atoms with Gasteiger partial charge in [0.25, 0.3) is 0 Å². The van der Waals surface area contributed by atoms with E-state index in [1.54, 1.807) is 0 Å². The molecule has 0 heterocycles. The van der Waals surface area contributed by atoms with E-state index in [-0.39, 0.29) is 5.91 Å². The van der Waals surface area contributed by atoms with Crippen LogP contribution in [0.3, 0.4) is 0 Å².